The van der Waals surface area contributed by atoms with E-state index in [0.29, 0.717) is 31.6 Å². The van der Waals surface area contributed by atoms with Gasteiger partial charge in [-0.2, -0.15) is 0 Å². The number of hydrogen-bond donors (Lipinski definition) is 0. The van der Waals surface area contributed by atoms with Gasteiger partial charge < -0.3 is 4.18 Å². The second-order valence-electron chi connectivity index (χ2n) is 3.45. The van der Waals surface area contributed by atoms with Gasteiger partial charge in [-0.05, 0) is 30.5 Å². The third-order valence-corrected chi connectivity index (χ3v) is 2.75. The van der Waals surface area contributed by atoms with Crippen molar-refractivity contribution in [2.75, 3.05) is 6.54 Å². The van der Waals surface area contributed by atoms with Crippen LogP contribution in [0.5, 0.6) is 0 Å². The summed E-state index contributed by atoms with van der Waals surface area (Å²) in [6.07, 6.45) is 3.41. The number of nitrogens with zero attached hydrogens (tertiary/aromatic N) is 4. The van der Waals surface area contributed by atoms with E-state index in [1.165, 1.54) is 0 Å². The molecule has 0 saturated carbocycles. The maximum Gasteiger partial charge on any atom is 0.317 e. The van der Waals surface area contributed by atoms with Crippen LogP contribution in [0.4, 0.5) is 0 Å². The van der Waals surface area contributed by atoms with Crippen LogP contribution in [0.1, 0.15) is 25.0 Å². The van der Waals surface area contributed by atoms with Gasteiger partial charge in [-0.15, -0.1) is 0 Å². The molecule has 1 heterocycles. The van der Waals surface area contributed by atoms with Crippen LogP contribution in [0.2, 0.25) is 0 Å². The van der Waals surface area contributed by atoms with Crippen LogP contribution < -0.4 is 0 Å². The molecule has 0 aliphatic rings. The summed E-state index contributed by atoms with van der Waals surface area (Å²) in [4.78, 5) is 18.0. The Morgan fingerprint density at radius 1 is 1.50 bits per heavy atom. The second-order valence-corrected chi connectivity index (χ2v) is 4.14. The molecule has 1 rings (SSSR count). The van der Waals surface area contributed by atoms with E-state index < -0.39 is 0 Å². The SMILES string of the molecule is [N-]=[N+]=NCCCCC(=O)OSCc1ccccn1. The molecule has 0 spiro atoms. The van der Waals surface area contributed by atoms with Crippen LogP contribution in [0.3, 0.4) is 0 Å². The van der Waals surface area contributed by atoms with Gasteiger partial charge in [0.2, 0.25) is 0 Å². The standard InChI is InChI=1S/C11H14N4O2S/c12-15-14-8-4-2-6-11(16)17-18-9-10-5-1-3-7-13-10/h1,3,5,7H,2,4,6,8-9H2. The molecule has 0 radical (unpaired) electrons. The van der Waals surface area contributed by atoms with Crippen molar-refractivity contribution in [3.8, 4) is 0 Å². The first-order valence-electron chi connectivity index (χ1n) is 5.56. The number of aromatic nitrogens is 1. The van der Waals surface area contributed by atoms with Gasteiger partial charge in [-0.3, -0.25) is 9.78 Å². The zero-order valence-corrected chi connectivity index (χ0v) is 10.7. The van der Waals surface area contributed by atoms with E-state index in [9.17, 15) is 4.79 Å². The van der Waals surface area contributed by atoms with E-state index in [4.69, 9.17) is 9.71 Å². The average Bonchev–Trinajstić information content (AvgIpc) is 2.40. The molecule has 96 valence electrons. The zero-order valence-electron chi connectivity index (χ0n) is 9.86. The van der Waals surface area contributed by atoms with Crippen LogP contribution in [-0.4, -0.2) is 17.5 Å². The van der Waals surface area contributed by atoms with Gasteiger partial charge in [0.15, 0.2) is 0 Å². The van der Waals surface area contributed by atoms with Crippen molar-refractivity contribution in [2.45, 2.75) is 25.0 Å². The largest absolute Gasteiger partial charge is 0.391 e. The van der Waals surface area contributed by atoms with Crippen LogP contribution in [-0.2, 0) is 14.7 Å². The monoisotopic (exact) mass is 266 g/mol. The van der Waals surface area contributed by atoms with Crippen LogP contribution in [0.25, 0.3) is 10.4 Å². The molecule has 6 nitrogen and oxygen atoms in total. The van der Waals surface area contributed by atoms with E-state index in [1.807, 2.05) is 18.2 Å². The Morgan fingerprint density at radius 2 is 2.39 bits per heavy atom. The van der Waals surface area contributed by atoms with E-state index in [2.05, 4.69) is 15.0 Å². The Hall–Kier alpha value is -1.72. The van der Waals surface area contributed by atoms with Crippen molar-refractivity contribution in [2.24, 2.45) is 5.11 Å². The maximum absolute atomic E-state index is 11.3. The Kier molecular flexibility index (Phi) is 7.43. The molecule has 7 heteroatoms. The Bertz CT molecular complexity index is 407. The van der Waals surface area contributed by atoms with Crippen molar-refractivity contribution in [3.05, 3.63) is 40.5 Å². The summed E-state index contributed by atoms with van der Waals surface area (Å²) in [5.41, 5.74) is 8.93. The lowest BCUT2D eigenvalue weighted by Gasteiger charge is -2.02. The van der Waals surface area contributed by atoms with Gasteiger partial charge >= 0.3 is 5.97 Å². The molecule has 0 atom stereocenters. The molecular formula is C11H14N4O2S. The molecule has 0 N–H and O–H groups in total. The highest BCUT2D eigenvalue weighted by molar-refractivity contribution is 7.94. The number of unbranched alkanes of at least 4 members (excludes halogenated alkanes) is 1. The number of rotatable bonds is 8. The topological polar surface area (TPSA) is 88.0 Å². The maximum atomic E-state index is 11.3. The third-order valence-electron chi connectivity index (χ3n) is 2.04. The van der Waals surface area contributed by atoms with E-state index in [0.717, 1.165) is 17.7 Å². The summed E-state index contributed by atoms with van der Waals surface area (Å²) in [5.74, 6) is 0.294. The highest BCUT2D eigenvalue weighted by Crippen LogP contribution is 2.12. The van der Waals surface area contributed by atoms with Crippen molar-refractivity contribution in [3.63, 3.8) is 0 Å². The van der Waals surface area contributed by atoms with Crippen molar-refractivity contribution in [1.29, 1.82) is 0 Å². The Labute approximate surface area is 110 Å². The van der Waals surface area contributed by atoms with Gasteiger partial charge in [-0.25, -0.2) is 0 Å². The molecule has 1 aromatic heterocycles. The van der Waals surface area contributed by atoms with Crippen molar-refractivity contribution >= 4 is 18.0 Å². The fourth-order valence-corrected chi connectivity index (χ4v) is 1.74. The van der Waals surface area contributed by atoms with Crippen LogP contribution in [0, 0.1) is 0 Å². The van der Waals surface area contributed by atoms with Crippen molar-refractivity contribution in [1.82, 2.24) is 4.98 Å². The molecule has 0 aliphatic heterocycles. The number of carbonyl (C=O) groups is 1. The normalized spacial score (nSPS) is 9.56. The molecule has 0 aromatic carbocycles. The first-order chi connectivity index (χ1) is 8.83. The molecule has 0 aliphatic carbocycles. The average molecular weight is 266 g/mol. The summed E-state index contributed by atoms with van der Waals surface area (Å²) >= 11 is 1.09. The lowest BCUT2D eigenvalue weighted by atomic mass is 10.2. The molecule has 0 saturated heterocycles. The molecule has 0 bridgehead atoms. The summed E-state index contributed by atoms with van der Waals surface area (Å²) < 4.78 is 4.99. The van der Waals surface area contributed by atoms with Gasteiger partial charge in [0.1, 0.15) is 0 Å². The zero-order chi connectivity index (χ0) is 13.1. The highest BCUT2D eigenvalue weighted by atomic mass is 32.2. The van der Waals surface area contributed by atoms with Crippen molar-refractivity contribution < 1.29 is 8.98 Å². The lowest BCUT2D eigenvalue weighted by molar-refractivity contribution is -0.133. The Morgan fingerprint density at radius 3 is 3.11 bits per heavy atom. The quantitative estimate of drug-likeness (QED) is 0.237. The molecule has 1 aromatic rings. The minimum Gasteiger partial charge on any atom is -0.391 e. The summed E-state index contributed by atoms with van der Waals surface area (Å²) in [6.45, 7) is 0.421. The van der Waals surface area contributed by atoms with Crippen LogP contribution in [0.15, 0.2) is 29.5 Å². The fourth-order valence-electron chi connectivity index (χ4n) is 1.18. The molecule has 0 amide bonds. The van der Waals surface area contributed by atoms with Gasteiger partial charge in [-0.1, -0.05) is 11.2 Å². The predicted octanol–water partition coefficient (Wildman–Crippen LogP) is 3.25. The molecule has 0 unspecified atom stereocenters. The number of pyridine rings is 1. The summed E-state index contributed by atoms with van der Waals surface area (Å²) in [7, 11) is 0. The smallest absolute Gasteiger partial charge is 0.317 e. The number of hydrogen-bond acceptors (Lipinski definition) is 5. The Balaban J connectivity index is 2.05. The van der Waals surface area contributed by atoms with E-state index >= 15 is 0 Å². The lowest BCUT2D eigenvalue weighted by Crippen LogP contribution is -1.99. The number of azide groups is 1. The molecular weight excluding hydrogens is 252 g/mol. The first-order valence-corrected chi connectivity index (χ1v) is 6.47. The third kappa shape index (κ3) is 6.78. The minimum absolute atomic E-state index is 0.253. The predicted molar refractivity (Wildman–Crippen MR) is 69.5 cm³/mol. The van der Waals surface area contributed by atoms with Crippen LogP contribution >= 0.6 is 12.0 Å². The minimum atomic E-state index is -0.253. The van der Waals surface area contributed by atoms with Gasteiger partial charge in [0, 0.05) is 24.1 Å². The number of carbonyl (C=O) groups excluding carboxylic acids is 1. The fraction of sp³-hybridized carbons (Fsp3) is 0.455. The molecule has 18 heavy (non-hydrogen) atoms. The van der Waals surface area contributed by atoms with Gasteiger partial charge in [0.25, 0.3) is 0 Å². The summed E-state index contributed by atoms with van der Waals surface area (Å²) in [5, 5.41) is 3.39. The van der Waals surface area contributed by atoms with E-state index in [-0.39, 0.29) is 5.97 Å². The molecule has 0 fully saturated rings. The highest BCUT2D eigenvalue weighted by Gasteiger charge is 2.03. The first kappa shape index (κ1) is 14.3. The summed E-state index contributed by atoms with van der Waals surface area (Å²) in [6, 6.07) is 5.60. The second kappa shape index (κ2) is 9.32. The van der Waals surface area contributed by atoms with Gasteiger partial charge in [0.05, 0.1) is 23.5 Å². The van der Waals surface area contributed by atoms with E-state index in [1.54, 1.807) is 6.20 Å².